The first-order chi connectivity index (χ1) is 4.63. The van der Waals surface area contributed by atoms with Crippen molar-refractivity contribution in [2.45, 2.75) is 6.92 Å². The molecule has 5 heteroatoms. The van der Waals surface area contributed by atoms with Crippen molar-refractivity contribution in [3.63, 3.8) is 0 Å². The summed E-state index contributed by atoms with van der Waals surface area (Å²) >= 11 is 1.83. The van der Waals surface area contributed by atoms with Gasteiger partial charge in [0.25, 0.3) is 0 Å². The largest absolute Gasteiger partial charge is 0.465 e. The van der Waals surface area contributed by atoms with Gasteiger partial charge in [0.05, 0.1) is 4.43 Å². The second-order valence-electron chi connectivity index (χ2n) is 1.55. The fourth-order valence-electron chi connectivity index (χ4n) is 0.490. The first-order valence-electron chi connectivity index (χ1n) is 2.72. The third-order valence-electron chi connectivity index (χ3n) is 0.963. The molecule has 2 amide bonds. The van der Waals surface area contributed by atoms with Crippen LogP contribution in [-0.4, -0.2) is 33.0 Å². The second kappa shape index (κ2) is 4.48. The fraction of sp³-hybridized carbons (Fsp3) is 0.600. The van der Waals surface area contributed by atoms with Crippen LogP contribution in [0.5, 0.6) is 0 Å². The summed E-state index contributed by atoms with van der Waals surface area (Å²) in [6.45, 7) is 1.84. The lowest BCUT2D eigenvalue weighted by molar-refractivity contribution is -0.125. The summed E-state index contributed by atoms with van der Waals surface area (Å²) in [7, 11) is 0. The zero-order valence-electron chi connectivity index (χ0n) is 5.50. The number of imide groups is 1. The molecule has 0 aromatic carbocycles. The predicted molar refractivity (Wildman–Crippen MR) is 44.3 cm³/mol. The molecule has 0 unspecified atom stereocenters. The van der Waals surface area contributed by atoms with Gasteiger partial charge in [-0.2, -0.15) is 0 Å². The molecule has 0 radical (unpaired) electrons. The summed E-state index contributed by atoms with van der Waals surface area (Å²) < 4.78 is 0.206. The molecule has 0 saturated carbocycles. The van der Waals surface area contributed by atoms with Crippen molar-refractivity contribution in [2.75, 3.05) is 11.0 Å². The van der Waals surface area contributed by atoms with Crippen molar-refractivity contribution >= 4 is 34.6 Å². The number of carbonyl (C=O) groups excluding carboxylic acids is 1. The van der Waals surface area contributed by atoms with Crippen LogP contribution in [0.2, 0.25) is 0 Å². The highest BCUT2D eigenvalue weighted by Crippen LogP contribution is 1.93. The number of hydrogen-bond acceptors (Lipinski definition) is 2. The molecule has 0 aliphatic rings. The zero-order chi connectivity index (χ0) is 8.15. The minimum absolute atomic E-state index is 0.206. The lowest BCUT2D eigenvalue weighted by atomic mass is 10.5. The predicted octanol–water partition coefficient (Wildman–Crippen LogP) is 0.948. The zero-order valence-corrected chi connectivity index (χ0v) is 7.66. The molecule has 0 fully saturated rings. The molecule has 0 spiro atoms. The van der Waals surface area contributed by atoms with Crippen LogP contribution in [0.25, 0.3) is 0 Å². The minimum Gasteiger partial charge on any atom is -0.465 e. The lowest BCUT2D eigenvalue weighted by Gasteiger charge is -2.12. The van der Waals surface area contributed by atoms with Gasteiger partial charge < -0.3 is 5.11 Å². The standard InChI is InChI=1S/C5H8INO3/c1-2-7(5(9)10)4(8)3-6/h2-3H2,1H3,(H,9,10). The number of hydrogen-bond donors (Lipinski definition) is 1. The third kappa shape index (κ3) is 2.51. The summed E-state index contributed by atoms with van der Waals surface area (Å²) in [6.07, 6.45) is -1.18. The number of carboxylic acid groups (broad SMARTS) is 1. The van der Waals surface area contributed by atoms with Gasteiger partial charge in [-0.05, 0) is 6.92 Å². The molecule has 0 aromatic rings. The molecular formula is C5H8INO3. The van der Waals surface area contributed by atoms with Crippen molar-refractivity contribution in [2.24, 2.45) is 0 Å². The van der Waals surface area contributed by atoms with Crippen molar-refractivity contribution in [1.82, 2.24) is 4.90 Å². The van der Waals surface area contributed by atoms with E-state index >= 15 is 0 Å². The smallest absolute Gasteiger partial charge is 0.414 e. The Morgan fingerprint density at radius 2 is 2.10 bits per heavy atom. The van der Waals surface area contributed by atoms with Gasteiger partial charge in [0.2, 0.25) is 5.91 Å². The maximum Gasteiger partial charge on any atom is 0.414 e. The molecule has 0 bridgehead atoms. The average Bonchev–Trinajstić information content (AvgIpc) is 1.88. The fourth-order valence-corrected chi connectivity index (χ4v) is 0.902. The van der Waals surface area contributed by atoms with E-state index in [-0.39, 0.29) is 16.9 Å². The Bertz CT molecular complexity index is 148. The summed E-state index contributed by atoms with van der Waals surface area (Å²) in [5, 5.41) is 8.38. The quantitative estimate of drug-likeness (QED) is 0.591. The van der Waals surface area contributed by atoms with Crippen molar-refractivity contribution in [1.29, 1.82) is 0 Å². The van der Waals surface area contributed by atoms with E-state index in [4.69, 9.17) is 5.11 Å². The Hall–Kier alpha value is -0.330. The molecule has 58 valence electrons. The van der Waals surface area contributed by atoms with E-state index in [0.717, 1.165) is 4.90 Å². The average molecular weight is 257 g/mol. The summed E-state index contributed by atoms with van der Waals surface area (Å²) in [6, 6.07) is 0. The molecule has 0 aromatic heterocycles. The van der Waals surface area contributed by atoms with Crippen molar-refractivity contribution in [3.8, 4) is 0 Å². The van der Waals surface area contributed by atoms with Crippen LogP contribution in [0.3, 0.4) is 0 Å². The molecule has 0 aliphatic heterocycles. The number of rotatable bonds is 2. The highest BCUT2D eigenvalue weighted by molar-refractivity contribution is 14.1. The van der Waals surface area contributed by atoms with E-state index in [2.05, 4.69) is 0 Å². The van der Waals surface area contributed by atoms with Crippen molar-refractivity contribution in [3.05, 3.63) is 0 Å². The maximum atomic E-state index is 10.7. The molecule has 4 nitrogen and oxygen atoms in total. The van der Waals surface area contributed by atoms with Gasteiger partial charge in [-0.25, -0.2) is 9.69 Å². The first kappa shape index (κ1) is 9.67. The van der Waals surface area contributed by atoms with Crippen LogP contribution in [0.1, 0.15) is 6.92 Å². The van der Waals surface area contributed by atoms with Crippen LogP contribution in [-0.2, 0) is 4.79 Å². The van der Waals surface area contributed by atoms with Gasteiger partial charge in [-0.3, -0.25) is 4.79 Å². The third-order valence-corrected chi connectivity index (χ3v) is 1.62. The minimum atomic E-state index is -1.18. The van der Waals surface area contributed by atoms with Crippen LogP contribution >= 0.6 is 22.6 Å². The number of halogens is 1. The number of nitrogens with zero attached hydrogens (tertiary/aromatic N) is 1. The topological polar surface area (TPSA) is 57.6 Å². The van der Waals surface area contributed by atoms with Gasteiger partial charge in [0.15, 0.2) is 0 Å². The first-order valence-corrected chi connectivity index (χ1v) is 4.25. The summed E-state index contributed by atoms with van der Waals surface area (Å²) in [4.78, 5) is 21.7. The van der Waals surface area contributed by atoms with E-state index in [1.54, 1.807) is 6.92 Å². The number of amides is 2. The lowest BCUT2D eigenvalue weighted by Crippen LogP contribution is -2.36. The molecule has 0 rings (SSSR count). The van der Waals surface area contributed by atoms with Crippen LogP contribution in [0.4, 0.5) is 4.79 Å². The van der Waals surface area contributed by atoms with Gasteiger partial charge in [-0.15, -0.1) is 0 Å². The van der Waals surface area contributed by atoms with Gasteiger partial charge in [0.1, 0.15) is 0 Å². The van der Waals surface area contributed by atoms with E-state index in [9.17, 15) is 9.59 Å². The van der Waals surface area contributed by atoms with E-state index in [1.165, 1.54) is 0 Å². The Morgan fingerprint density at radius 3 is 2.20 bits per heavy atom. The van der Waals surface area contributed by atoms with Gasteiger partial charge >= 0.3 is 6.09 Å². The molecule has 0 saturated heterocycles. The SMILES string of the molecule is CCN(C(=O)O)C(=O)CI. The molecule has 1 N–H and O–H groups in total. The van der Waals surface area contributed by atoms with Gasteiger partial charge in [-0.1, -0.05) is 22.6 Å². The number of carbonyl (C=O) groups is 2. The summed E-state index contributed by atoms with van der Waals surface area (Å²) in [5.41, 5.74) is 0. The molecule has 0 aliphatic carbocycles. The Kier molecular flexibility index (Phi) is 4.33. The Balaban J connectivity index is 4.06. The van der Waals surface area contributed by atoms with E-state index in [1.807, 2.05) is 22.6 Å². The maximum absolute atomic E-state index is 10.7. The Labute approximate surface area is 72.3 Å². The van der Waals surface area contributed by atoms with Gasteiger partial charge in [0, 0.05) is 6.54 Å². The molecule has 0 atom stereocenters. The van der Waals surface area contributed by atoms with Crippen molar-refractivity contribution < 1.29 is 14.7 Å². The van der Waals surface area contributed by atoms with Crippen LogP contribution in [0, 0.1) is 0 Å². The monoisotopic (exact) mass is 257 g/mol. The summed E-state index contributed by atoms with van der Waals surface area (Å²) in [5.74, 6) is -0.365. The Morgan fingerprint density at radius 1 is 1.60 bits per heavy atom. The van der Waals surface area contributed by atoms with Crippen LogP contribution < -0.4 is 0 Å². The van der Waals surface area contributed by atoms with E-state index in [0.29, 0.717) is 0 Å². The highest BCUT2D eigenvalue weighted by Gasteiger charge is 2.15. The number of alkyl halides is 1. The second-order valence-corrected chi connectivity index (χ2v) is 2.32. The van der Waals surface area contributed by atoms with E-state index < -0.39 is 6.09 Å². The molecule has 10 heavy (non-hydrogen) atoms. The highest BCUT2D eigenvalue weighted by atomic mass is 127. The molecular weight excluding hydrogens is 249 g/mol. The molecule has 0 heterocycles. The van der Waals surface area contributed by atoms with Crippen LogP contribution in [0.15, 0.2) is 0 Å². The normalized spacial score (nSPS) is 9.00.